The number of para-hydroxylation sites is 1. The normalized spacial score (nSPS) is 11.0. The molecule has 3 aromatic rings. The maximum absolute atomic E-state index is 13.3. The topological polar surface area (TPSA) is 48.0 Å². The van der Waals surface area contributed by atoms with Crippen molar-refractivity contribution in [2.75, 3.05) is 0 Å². The minimum atomic E-state index is -0.288. The highest BCUT2D eigenvalue weighted by Crippen LogP contribution is 2.16. The smallest absolute Gasteiger partial charge is 0.189 e. The molecule has 0 amide bonds. The molecule has 3 nitrogen and oxygen atoms in total. The monoisotopic (exact) mass is 282 g/mol. The van der Waals surface area contributed by atoms with Gasteiger partial charge in [0.2, 0.25) is 0 Å². The van der Waals surface area contributed by atoms with Crippen molar-refractivity contribution in [1.82, 2.24) is 4.57 Å². The zero-order valence-electron chi connectivity index (χ0n) is 11.4. The molecule has 21 heavy (non-hydrogen) atoms. The van der Waals surface area contributed by atoms with Gasteiger partial charge in [0.1, 0.15) is 5.82 Å². The minimum absolute atomic E-state index is 0.00000412. The van der Waals surface area contributed by atoms with Gasteiger partial charge in [0.25, 0.3) is 0 Å². The van der Waals surface area contributed by atoms with Crippen LogP contribution in [0.15, 0.2) is 59.5 Å². The molecule has 2 aromatic carbocycles. The van der Waals surface area contributed by atoms with Gasteiger partial charge in [-0.1, -0.05) is 18.2 Å². The molecule has 0 bridgehead atoms. The molecule has 0 atom stereocenters. The average Bonchev–Trinajstić information content (AvgIpc) is 2.52. The van der Waals surface area contributed by atoms with Crippen molar-refractivity contribution in [2.24, 2.45) is 5.73 Å². The van der Waals surface area contributed by atoms with Crippen molar-refractivity contribution < 1.29 is 4.39 Å². The van der Waals surface area contributed by atoms with Crippen molar-refractivity contribution in [1.29, 1.82) is 0 Å². The van der Waals surface area contributed by atoms with Crippen LogP contribution in [-0.2, 0) is 13.1 Å². The Balaban J connectivity index is 2.11. The molecule has 0 unspecified atom stereocenters. The predicted octanol–water partition coefficient (Wildman–Crippen LogP) is 2.65. The highest BCUT2D eigenvalue weighted by molar-refractivity contribution is 5.78. The third-order valence-corrected chi connectivity index (χ3v) is 3.61. The Morgan fingerprint density at radius 2 is 1.86 bits per heavy atom. The SMILES string of the molecule is NCc1cc(F)ccc1Cn1ccc(=O)c2ccccc21. The first-order valence-corrected chi connectivity index (χ1v) is 6.74. The first-order valence-electron chi connectivity index (χ1n) is 6.74. The van der Waals surface area contributed by atoms with Gasteiger partial charge in [-0.15, -0.1) is 0 Å². The Labute approximate surface area is 121 Å². The van der Waals surface area contributed by atoms with E-state index < -0.39 is 0 Å². The largest absolute Gasteiger partial charge is 0.343 e. The summed E-state index contributed by atoms with van der Waals surface area (Å²) in [5.74, 6) is -0.288. The van der Waals surface area contributed by atoms with Gasteiger partial charge in [-0.05, 0) is 35.4 Å². The van der Waals surface area contributed by atoms with Crippen LogP contribution >= 0.6 is 0 Å². The van der Waals surface area contributed by atoms with Crippen molar-refractivity contribution in [3.63, 3.8) is 0 Å². The molecular formula is C17H15FN2O. The third kappa shape index (κ3) is 2.58. The van der Waals surface area contributed by atoms with E-state index in [1.54, 1.807) is 18.3 Å². The molecule has 0 radical (unpaired) electrons. The van der Waals surface area contributed by atoms with Crippen LogP contribution in [0.25, 0.3) is 10.9 Å². The maximum Gasteiger partial charge on any atom is 0.189 e. The third-order valence-electron chi connectivity index (χ3n) is 3.61. The van der Waals surface area contributed by atoms with Gasteiger partial charge >= 0.3 is 0 Å². The van der Waals surface area contributed by atoms with E-state index in [2.05, 4.69) is 0 Å². The molecule has 1 aromatic heterocycles. The first kappa shape index (κ1) is 13.5. The average molecular weight is 282 g/mol. The number of nitrogens with two attached hydrogens (primary N) is 1. The zero-order chi connectivity index (χ0) is 14.8. The number of pyridine rings is 1. The van der Waals surface area contributed by atoms with Gasteiger partial charge in [0.05, 0.1) is 5.52 Å². The highest BCUT2D eigenvalue weighted by Gasteiger charge is 2.06. The lowest BCUT2D eigenvalue weighted by atomic mass is 10.1. The van der Waals surface area contributed by atoms with Crippen LogP contribution in [0.2, 0.25) is 0 Å². The number of nitrogens with zero attached hydrogens (tertiary/aromatic N) is 1. The molecule has 0 aliphatic heterocycles. The first-order chi connectivity index (χ1) is 10.2. The van der Waals surface area contributed by atoms with Gasteiger partial charge in [0.15, 0.2) is 5.43 Å². The maximum atomic E-state index is 13.3. The van der Waals surface area contributed by atoms with E-state index in [1.165, 1.54) is 12.1 Å². The van der Waals surface area contributed by atoms with E-state index in [1.807, 2.05) is 28.8 Å². The summed E-state index contributed by atoms with van der Waals surface area (Å²) in [6, 6.07) is 13.6. The number of hydrogen-bond acceptors (Lipinski definition) is 2. The summed E-state index contributed by atoms with van der Waals surface area (Å²) in [6.45, 7) is 0.832. The van der Waals surface area contributed by atoms with Crippen LogP contribution in [0, 0.1) is 5.82 Å². The summed E-state index contributed by atoms with van der Waals surface area (Å²) >= 11 is 0. The molecule has 0 saturated heterocycles. The fourth-order valence-corrected chi connectivity index (χ4v) is 2.52. The molecule has 0 spiro atoms. The van der Waals surface area contributed by atoms with Gasteiger partial charge in [0, 0.05) is 30.7 Å². The van der Waals surface area contributed by atoms with E-state index in [-0.39, 0.29) is 17.8 Å². The summed E-state index contributed by atoms with van der Waals surface area (Å²) in [5, 5.41) is 0.677. The fraction of sp³-hybridized carbons (Fsp3) is 0.118. The lowest BCUT2D eigenvalue weighted by Crippen LogP contribution is -2.11. The Hall–Kier alpha value is -2.46. The van der Waals surface area contributed by atoms with Gasteiger partial charge in [-0.3, -0.25) is 4.79 Å². The molecule has 4 heteroatoms. The van der Waals surface area contributed by atoms with E-state index >= 15 is 0 Å². The van der Waals surface area contributed by atoms with Crippen molar-refractivity contribution in [2.45, 2.75) is 13.1 Å². The molecule has 106 valence electrons. The number of aromatic nitrogens is 1. The minimum Gasteiger partial charge on any atom is -0.343 e. The van der Waals surface area contributed by atoms with Crippen LogP contribution in [0.3, 0.4) is 0 Å². The van der Waals surface area contributed by atoms with Gasteiger partial charge < -0.3 is 10.3 Å². The highest BCUT2D eigenvalue weighted by atomic mass is 19.1. The summed E-state index contributed by atoms with van der Waals surface area (Å²) in [5.41, 5.74) is 8.27. The van der Waals surface area contributed by atoms with Gasteiger partial charge in [-0.2, -0.15) is 0 Å². The lowest BCUT2D eigenvalue weighted by Gasteiger charge is -2.13. The van der Waals surface area contributed by atoms with Crippen LogP contribution in [0.1, 0.15) is 11.1 Å². The summed E-state index contributed by atoms with van der Waals surface area (Å²) < 4.78 is 15.3. The Bertz CT molecular complexity index is 855. The number of halogens is 1. The molecular weight excluding hydrogens is 267 g/mol. The van der Waals surface area contributed by atoms with Crippen LogP contribution in [0.5, 0.6) is 0 Å². The van der Waals surface area contributed by atoms with E-state index in [4.69, 9.17) is 5.73 Å². The number of rotatable bonds is 3. The van der Waals surface area contributed by atoms with Crippen LogP contribution in [0.4, 0.5) is 4.39 Å². The number of hydrogen-bond donors (Lipinski definition) is 1. The lowest BCUT2D eigenvalue weighted by molar-refractivity contribution is 0.623. The second kappa shape index (κ2) is 5.50. The molecule has 2 N–H and O–H groups in total. The predicted molar refractivity (Wildman–Crippen MR) is 81.6 cm³/mol. The summed E-state index contributed by atoms with van der Waals surface area (Å²) in [6.07, 6.45) is 1.76. The molecule has 0 saturated carbocycles. The van der Waals surface area contributed by atoms with Crippen molar-refractivity contribution in [3.05, 3.63) is 81.9 Å². The second-order valence-electron chi connectivity index (χ2n) is 4.94. The van der Waals surface area contributed by atoms with Crippen molar-refractivity contribution in [3.8, 4) is 0 Å². The Morgan fingerprint density at radius 1 is 1.05 bits per heavy atom. The van der Waals surface area contributed by atoms with Gasteiger partial charge in [-0.25, -0.2) is 4.39 Å². The number of benzene rings is 2. The summed E-state index contributed by atoms with van der Waals surface area (Å²) in [4.78, 5) is 11.9. The standard InChI is InChI=1S/C17H15FN2O/c18-14-6-5-12(13(9-14)10-19)11-20-8-7-17(21)15-3-1-2-4-16(15)20/h1-9H,10-11,19H2. The Kier molecular flexibility index (Phi) is 3.54. The fourth-order valence-electron chi connectivity index (χ4n) is 2.52. The van der Waals surface area contributed by atoms with Crippen LogP contribution < -0.4 is 11.2 Å². The number of fused-ring (bicyclic) bond motifs is 1. The second-order valence-corrected chi connectivity index (χ2v) is 4.94. The van der Waals surface area contributed by atoms with E-state index in [0.717, 1.165) is 16.6 Å². The quantitative estimate of drug-likeness (QED) is 0.803. The van der Waals surface area contributed by atoms with E-state index in [0.29, 0.717) is 11.9 Å². The molecule has 1 heterocycles. The van der Waals surface area contributed by atoms with Crippen molar-refractivity contribution >= 4 is 10.9 Å². The molecule has 0 aliphatic rings. The summed E-state index contributed by atoms with van der Waals surface area (Å²) in [7, 11) is 0. The zero-order valence-corrected chi connectivity index (χ0v) is 11.4. The molecule has 0 aliphatic carbocycles. The van der Waals surface area contributed by atoms with Crippen LogP contribution in [-0.4, -0.2) is 4.57 Å². The molecule has 3 rings (SSSR count). The molecule has 0 fully saturated rings. The van der Waals surface area contributed by atoms with E-state index in [9.17, 15) is 9.18 Å². The Morgan fingerprint density at radius 3 is 2.67 bits per heavy atom.